The number of hydrogen-bond donors (Lipinski definition) is 2. The van der Waals surface area contributed by atoms with E-state index >= 15 is 0 Å². The number of carbonyl (C=O) groups is 1. The molecule has 0 spiro atoms. The molecule has 0 heterocycles. The summed E-state index contributed by atoms with van der Waals surface area (Å²) in [5.74, 6) is -0.0312. The standard InChI is InChI=1S/C19H30N2O3S/c1-4-6-7-8-9-10-17(5-2)19(22)20-15-16-11-13-18(14-12-16)21-25(3,23)24/h5,11-14,21H,4,6-10,15H2,1-3H3,(H,20,22). The Hall–Kier alpha value is -1.82. The second-order valence-corrected chi connectivity index (χ2v) is 7.98. The van der Waals surface area contributed by atoms with Crippen molar-refractivity contribution < 1.29 is 13.2 Å². The highest BCUT2D eigenvalue weighted by atomic mass is 32.2. The molecule has 0 aliphatic rings. The number of carbonyl (C=O) groups excluding carboxylic acids is 1. The van der Waals surface area contributed by atoms with Gasteiger partial charge in [0.2, 0.25) is 15.9 Å². The Balaban J connectivity index is 2.43. The van der Waals surface area contributed by atoms with Gasteiger partial charge in [0.1, 0.15) is 0 Å². The quantitative estimate of drug-likeness (QED) is 0.459. The normalized spacial score (nSPS) is 12.0. The summed E-state index contributed by atoms with van der Waals surface area (Å²) >= 11 is 0. The van der Waals surface area contributed by atoms with Crippen LogP contribution in [0.4, 0.5) is 5.69 Å². The molecule has 0 saturated carbocycles. The molecule has 2 N–H and O–H groups in total. The Bertz CT molecular complexity index is 664. The van der Waals surface area contributed by atoms with Gasteiger partial charge in [-0.3, -0.25) is 9.52 Å². The van der Waals surface area contributed by atoms with Crippen LogP contribution in [-0.4, -0.2) is 20.6 Å². The highest BCUT2D eigenvalue weighted by Gasteiger charge is 2.08. The minimum atomic E-state index is -3.27. The molecule has 1 rings (SSSR count). The van der Waals surface area contributed by atoms with Crippen molar-refractivity contribution in [1.29, 1.82) is 0 Å². The Morgan fingerprint density at radius 2 is 1.72 bits per heavy atom. The highest BCUT2D eigenvalue weighted by molar-refractivity contribution is 7.92. The fourth-order valence-corrected chi connectivity index (χ4v) is 3.07. The Morgan fingerprint density at radius 1 is 1.08 bits per heavy atom. The van der Waals surface area contributed by atoms with E-state index in [-0.39, 0.29) is 5.91 Å². The molecule has 0 aromatic heterocycles. The molecule has 0 atom stereocenters. The van der Waals surface area contributed by atoms with Crippen molar-refractivity contribution in [1.82, 2.24) is 5.32 Å². The zero-order chi connectivity index (χ0) is 18.7. The summed E-state index contributed by atoms with van der Waals surface area (Å²) in [5, 5.41) is 2.92. The van der Waals surface area contributed by atoms with Gasteiger partial charge in [-0.25, -0.2) is 8.42 Å². The lowest BCUT2D eigenvalue weighted by Gasteiger charge is -2.10. The molecule has 25 heavy (non-hydrogen) atoms. The van der Waals surface area contributed by atoms with Crippen molar-refractivity contribution in [3.63, 3.8) is 0 Å². The van der Waals surface area contributed by atoms with Crippen LogP contribution in [-0.2, 0) is 21.4 Å². The molecule has 0 radical (unpaired) electrons. The van der Waals surface area contributed by atoms with Gasteiger partial charge in [-0.05, 0) is 37.5 Å². The highest BCUT2D eigenvalue weighted by Crippen LogP contribution is 2.13. The molecule has 5 nitrogen and oxygen atoms in total. The maximum atomic E-state index is 12.3. The lowest BCUT2D eigenvalue weighted by atomic mass is 10.0. The van der Waals surface area contributed by atoms with Crippen LogP contribution in [0.25, 0.3) is 0 Å². The van der Waals surface area contributed by atoms with E-state index in [1.807, 2.05) is 13.0 Å². The molecule has 6 heteroatoms. The summed E-state index contributed by atoms with van der Waals surface area (Å²) in [6, 6.07) is 6.97. The molecule has 0 fully saturated rings. The molecule has 140 valence electrons. The maximum absolute atomic E-state index is 12.3. The number of amides is 1. The van der Waals surface area contributed by atoms with Crippen LogP contribution in [0.5, 0.6) is 0 Å². The molecule has 0 aliphatic heterocycles. The fraction of sp³-hybridized carbons (Fsp3) is 0.526. The predicted molar refractivity (Wildman–Crippen MR) is 104 cm³/mol. The van der Waals surface area contributed by atoms with Gasteiger partial charge < -0.3 is 5.32 Å². The van der Waals surface area contributed by atoms with Crippen LogP contribution >= 0.6 is 0 Å². The van der Waals surface area contributed by atoms with Crippen LogP contribution in [0.3, 0.4) is 0 Å². The largest absolute Gasteiger partial charge is 0.348 e. The summed E-state index contributed by atoms with van der Waals surface area (Å²) in [5.41, 5.74) is 2.26. The van der Waals surface area contributed by atoms with Crippen LogP contribution in [0.2, 0.25) is 0 Å². The van der Waals surface area contributed by atoms with E-state index in [0.717, 1.165) is 36.7 Å². The number of allylic oxidation sites excluding steroid dienone is 1. The van der Waals surface area contributed by atoms with E-state index in [2.05, 4.69) is 17.0 Å². The minimum Gasteiger partial charge on any atom is -0.348 e. The number of nitrogens with one attached hydrogen (secondary N) is 2. The van der Waals surface area contributed by atoms with Crippen molar-refractivity contribution in [2.24, 2.45) is 0 Å². The van der Waals surface area contributed by atoms with Crippen LogP contribution in [0, 0.1) is 0 Å². The first-order valence-corrected chi connectivity index (χ1v) is 10.7. The molecule has 1 aromatic rings. The Kier molecular flexibility index (Phi) is 9.27. The smallest absolute Gasteiger partial charge is 0.247 e. The summed E-state index contributed by atoms with van der Waals surface area (Å²) in [6.07, 6.45) is 9.70. The summed E-state index contributed by atoms with van der Waals surface area (Å²) in [4.78, 5) is 12.3. The third kappa shape index (κ3) is 9.29. The fourth-order valence-electron chi connectivity index (χ4n) is 2.51. The van der Waals surface area contributed by atoms with Crippen LogP contribution in [0.15, 0.2) is 35.9 Å². The van der Waals surface area contributed by atoms with E-state index in [0.29, 0.717) is 12.2 Å². The Morgan fingerprint density at radius 3 is 2.28 bits per heavy atom. The first-order chi connectivity index (χ1) is 11.9. The van der Waals surface area contributed by atoms with Gasteiger partial charge in [0, 0.05) is 17.8 Å². The molecule has 0 aliphatic carbocycles. The van der Waals surface area contributed by atoms with Gasteiger partial charge in [0.25, 0.3) is 0 Å². The van der Waals surface area contributed by atoms with Gasteiger partial charge in [-0.2, -0.15) is 0 Å². The predicted octanol–water partition coefficient (Wildman–Crippen LogP) is 3.98. The second kappa shape index (κ2) is 10.9. The van der Waals surface area contributed by atoms with Crippen molar-refractivity contribution in [2.75, 3.05) is 11.0 Å². The number of hydrogen-bond acceptors (Lipinski definition) is 3. The topological polar surface area (TPSA) is 75.3 Å². The first kappa shape index (κ1) is 21.2. The number of rotatable bonds is 11. The van der Waals surface area contributed by atoms with Gasteiger partial charge >= 0.3 is 0 Å². The third-order valence-electron chi connectivity index (χ3n) is 3.90. The van der Waals surface area contributed by atoms with E-state index in [1.165, 1.54) is 19.3 Å². The molecular formula is C19H30N2O3S. The third-order valence-corrected chi connectivity index (χ3v) is 4.51. The lowest BCUT2D eigenvalue weighted by molar-refractivity contribution is -0.117. The SMILES string of the molecule is CC=C(CCCCCCC)C(=O)NCc1ccc(NS(C)(=O)=O)cc1. The number of sulfonamides is 1. The van der Waals surface area contributed by atoms with Crippen molar-refractivity contribution in [2.45, 2.75) is 58.9 Å². The molecule has 0 unspecified atom stereocenters. The average Bonchev–Trinajstić information content (AvgIpc) is 2.56. The van der Waals surface area contributed by atoms with Gasteiger partial charge in [-0.1, -0.05) is 50.8 Å². The van der Waals surface area contributed by atoms with E-state index in [9.17, 15) is 13.2 Å². The van der Waals surface area contributed by atoms with Crippen molar-refractivity contribution >= 4 is 21.6 Å². The van der Waals surface area contributed by atoms with Gasteiger partial charge in [-0.15, -0.1) is 0 Å². The van der Waals surface area contributed by atoms with Gasteiger partial charge in [0.15, 0.2) is 0 Å². The molecule has 1 amide bonds. The average molecular weight is 367 g/mol. The zero-order valence-corrected chi connectivity index (χ0v) is 16.3. The zero-order valence-electron chi connectivity index (χ0n) is 15.5. The summed E-state index contributed by atoms with van der Waals surface area (Å²) in [6.45, 7) is 4.51. The van der Waals surface area contributed by atoms with Crippen LogP contribution in [0.1, 0.15) is 57.9 Å². The van der Waals surface area contributed by atoms with E-state index in [4.69, 9.17) is 0 Å². The molecule has 0 bridgehead atoms. The molecule has 0 saturated heterocycles. The number of anilines is 1. The number of unbranched alkanes of at least 4 members (excludes halogenated alkanes) is 4. The molecular weight excluding hydrogens is 336 g/mol. The summed E-state index contributed by atoms with van der Waals surface area (Å²) in [7, 11) is -3.27. The Labute approximate surface area is 152 Å². The van der Waals surface area contributed by atoms with Crippen molar-refractivity contribution in [3.8, 4) is 0 Å². The van der Waals surface area contributed by atoms with Gasteiger partial charge in [0.05, 0.1) is 6.26 Å². The van der Waals surface area contributed by atoms with E-state index in [1.54, 1.807) is 24.3 Å². The summed E-state index contributed by atoms with van der Waals surface area (Å²) < 4.78 is 24.8. The lowest BCUT2D eigenvalue weighted by Crippen LogP contribution is -2.24. The first-order valence-electron chi connectivity index (χ1n) is 8.85. The second-order valence-electron chi connectivity index (χ2n) is 6.23. The minimum absolute atomic E-state index is 0.0312. The molecule has 1 aromatic carbocycles. The van der Waals surface area contributed by atoms with E-state index < -0.39 is 10.0 Å². The maximum Gasteiger partial charge on any atom is 0.247 e. The van der Waals surface area contributed by atoms with Crippen molar-refractivity contribution in [3.05, 3.63) is 41.5 Å². The number of benzene rings is 1. The monoisotopic (exact) mass is 366 g/mol. The van der Waals surface area contributed by atoms with Crippen LogP contribution < -0.4 is 10.0 Å².